The highest BCUT2D eigenvalue weighted by Crippen LogP contribution is 2.11. The number of nitrogens with zero attached hydrogens (tertiary/aromatic N) is 2. The highest BCUT2D eigenvalue weighted by atomic mass is 32.1. The van der Waals surface area contributed by atoms with Crippen LogP contribution >= 0.6 is 11.3 Å². The normalized spacial score (nSPS) is 10.7. The number of primary amides is 1. The molecule has 0 unspecified atom stereocenters. The van der Waals surface area contributed by atoms with E-state index in [9.17, 15) is 9.59 Å². The van der Waals surface area contributed by atoms with Crippen molar-refractivity contribution in [2.75, 3.05) is 5.32 Å². The lowest BCUT2D eigenvalue weighted by molar-refractivity contribution is -0.111. The molecule has 2 rings (SSSR count). The maximum atomic E-state index is 11.6. The average Bonchev–Trinajstić information content (AvgIpc) is 2.96. The number of aromatic nitrogens is 3. The Morgan fingerprint density at radius 1 is 1.50 bits per heavy atom. The summed E-state index contributed by atoms with van der Waals surface area (Å²) >= 11 is 1.41. The van der Waals surface area contributed by atoms with Crippen molar-refractivity contribution in [1.82, 2.24) is 15.2 Å². The number of hydrogen-bond acceptors (Lipinski definition) is 5. The van der Waals surface area contributed by atoms with Crippen LogP contribution in [0.25, 0.3) is 6.08 Å². The summed E-state index contributed by atoms with van der Waals surface area (Å²) in [5, 5.41) is 11.0. The Labute approximate surface area is 106 Å². The molecule has 0 aliphatic carbocycles. The van der Waals surface area contributed by atoms with Gasteiger partial charge in [0.1, 0.15) is 10.7 Å². The van der Waals surface area contributed by atoms with E-state index in [2.05, 4.69) is 20.5 Å². The van der Waals surface area contributed by atoms with Gasteiger partial charge in [0.15, 0.2) is 0 Å². The number of aromatic amines is 1. The van der Waals surface area contributed by atoms with Gasteiger partial charge in [-0.1, -0.05) is 0 Å². The quantitative estimate of drug-likeness (QED) is 0.701. The third kappa shape index (κ3) is 2.80. The number of carbonyl (C=O) groups is 2. The summed E-state index contributed by atoms with van der Waals surface area (Å²) < 4.78 is 0. The van der Waals surface area contributed by atoms with E-state index >= 15 is 0 Å². The van der Waals surface area contributed by atoms with Gasteiger partial charge in [0, 0.05) is 17.7 Å². The standard InChI is InChI=1S/C10H9N5O2S/c11-10(17)9-6(5-13-15-9)14-7(16)1-2-8-12-3-4-18-8/h1-5H,(H2,11,17)(H,13,15)(H,14,16)/b2-1+. The largest absolute Gasteiger partial charge is 0.364 e. The minimum absolute atomic E-state index is 0.0611. The molecule has 0 aliphatic rings. The van der Waals surface area contributed by atoms with Gasteiger partial charge in [0.25, 0.3) is 5.91 Å². The molecular formula is C10H9N5O2S. The summed E-state index contributed by atoms with van der Waals surface area (Å²) in [6, 6.07) is 0. The van der Waals surface area contributed by atoms with Crippen LogP contribution in [0.4, 0.5) is 5.69 Å². The van der Waals surface area contributed by atoms with Crippen molar-refractivity contribution in [2.45, 2.75) is 0 Å². The summed E-state index contributed by atoms with van der Waals surface area (Å²) in [5.74, 6) is -1.08. The highest BCUT2D eigenvalue weighted by Gasteiger charge is 2.11. The van der Waals surface area contributed by atoms with E-state index in [4.69, 9.17) is 5.73 Å². The molecule has 2 aromatic heterocycles. The molecule has 0 bridgehead atoms. The predicted octanol–water partition coefficient (Wildman–Crippen LogP) is 0.617. The van der Waals surface area contributed by atoms with Gasteiger partial charge in [-0.25, -0.2) is 4.98 Å². The van der Waals surface area contributed by atoms with Gasteiger partial charge < -0.3 is 11.1 Å². The molecule has 2 heterocycles. The molecule has 0 saturated carbocycles. The Morgan fingerprint density at radius 2 is 2.33 bits per heavy atom. The monoisotopic (exact) mass is 263 g/mol. The molecule has 0 spiro atoms. The summed E-state index contributed by atoms with van der Waals surface area (Å²) in [5.41, 5.74) is 5.41. The topological polar surface area (TPSA) is 114 Å². The zero-order chi connectivity index (χ0) is 13.0. The first-order chi connectivity index (χ1) is 8.66. The van der Waals surface area contributed by atoms with E-state index in [1.54, 1.807) is 17.7 Å². The molecule has 0 aromatic carbocycles. The fraction of sp³-hybridized carbons (Fsp3) is 0. The van der Waals surface area contributed by atoms with E-state index in [-0.39, 0.29) is 11.4 Å². The second kappa shape index (κ2) is 5.23. The number of H-pyrrole nitrogens is 1. The smallest absolute Gasteiger partial charge is 0.268 e. The van der Waals surface area contributed by atoms with Crippen molar-refractivity contribution in [3.63, 3.8) is 0 Å². The van der Waals surface area contributed by atoms with E-state index in [1.807, 2.05) is 0 Å². The third-order valence-electron chi connectivity index (χ3n) is 1.97. The first-order valence-corrected chi connectivity index (χ1v) is 5.76. The molecule has 18 heavy (non-hydrogen) atoms. The van der Waals surface area contributed by atoms with Gasteiger partial charge in [0.05, 0.1) is 11.9 Å². The van der Waals surface area contributed by atoms with Crippen molar-refractivity contribution in [3.05, 3.63) is 34.6 Å². The molecule has 8 heteroatoms. The molecule has 0 fully saturated rings. The van der Waals surface area contributed by atoms with Crippen LogP contribution in [0.2, 0.25) is 0 Å². The number of thiazole rings is 1. The second-order valence-corrected chi connectivity index (χ2v) is 4.14. The van der Waals surface area contributed by atoms with E-state index in [1.165, 1.54) is 23.6 Å². The molecule has 0 atom stereocenters. The third-order valence-corrected chi connectivity index (χ3v) is 2.71. The van der Waals surface area contributed by atoms with Crippen LogP contribution in [0.5, 0.6) is 0 Å². The Balaban J connectivity index is 2.03. The first-order valence-electron chi connectivity index (χ1n) is 4.88. The lowest BCUT2D eigenvalue weighted by atomic mass is 10.3. The Hall–Kier alpha value is -2.48. The molecule has 7 nitrogen and oxygen atoms in total. The van der Waals surface area contributed by atoms with Crippen molar-refractivity contribution in [2.24, 2.45) is 5.73 Å². The number of carbonyl (C=O) groups excluding carboxylic acids is 2. The molecule has 92 valence electrons. The molecule has 4 N–H and O–H groups in total. The van der Waals surface area contributed by atoms with E-state index < -0.39 is 11.8 Å². The van der Waals surface area contributed by atoms with Gasteiger partial charge in [-0.2, -0.15) is 5.10 Å². The molecule has 0 aliphatic heterocycles. The molecule has 2 aromatic rings. The fourth-order valence-electron chi connectivity index (χ4n) is 1.21. The van der Waals surface area contributed by atoms with E-state index in [0.29, 0.717) is 5.01 Å². The van der Waals surface area contributed by atoms with Gasteiger partial charge in [-0.15, -0.1) is 11.3 Å². The lowest BCUT2D eigenvalue weighted by Crippen LogP contribution is -2.16. The number of amides is 2. The SMILES string of the molecule is NC(=O)c1[nH]ncc1NC(=O)/C=C/c1nccs1. The van der Waals surface area contributed by atoms with Crippen LogP contribution in [-0.2, 0) is 4.79 Å². The van der Waals surface area contributed by atoms with E-state index in [0.717, 1.165) is 0 Å². The van der Waals surface area contributed by atoms with Crippen molar-refractivity contribution < 1.29 is 9.59 Å². The maximum absolute atomic E-state index is 11.6. The Morgan fingerprint density at radius 3 is 3.00 bits per heavy atom. The van der Waals surface area contributed by atoms with Crippen molar-refractivity contribution >= 4 is 34.9 Å². The second-order valence-electron chi connectivity index (χ2n) is 3.22. The van der Waals surface area contributed by atoms with Crippen LogP contribution in [0, 0.1) is 0 Å². The van der Waals surface area contributed by atoms with Crippen molar-refractivity contribution in [3.8, 4) is 0 Å². The van der Waals surface area contributed by atoms with Gasteiger partial charge >= 0.3 is 0 Å². The fourth-order valence-corrected chi connectivity index (χ4v) is 1.74. The lowest BCUT2D eigenvalue weighted by Gasteiger charge is -1.99. The first kappa shape index (κ1) is 12.0. The molecule has 2 amide bonds. The van der Waals surface area contributed by atoms with Gasteiger partial charge in [0.2, 0.25) is 5.91 Å². The summed E-state index contributed by atoms with van der Waals surface area (Å²) in [6.07, 6.45) is 5.85. The van der Waals surface area contributed by atoms with Crippen LogP contribution in [0.3, 0.4) is 0 Å². The van der Waals surface area contributed by atoms with Crippen LogP contribution in [0.15, 0.2) is 23.8 Å². The Kier molecular flexibility index (Phi) is 3.49. The van der Waals surface area contributed by atoms with Gasteiger partial charge in [-0.05, 0) is 6.08 Å². The predicted molar refractivity (Wildman–Crippen MR) is 66.9 cm³/mol. The molecular weight excluding hydrogens is 254 g/mol. The summed E-state index contributed by atoms with van der Waals surface area (Å²) in [6.45, 7) is 0. The molecule has 0 radical (unpaired) electrons. The number of anilines is 1. The zero-order valence-corrected chi connectivity index (χ0v) is 9.90. The summed E-state index contributed by atoms with van der Waals surface area (Å²) in [4.78, 5) is 26.5. The minimum atomic E-state index is -0.688. The highest BCUT2D eigenvalue weighted by molar-refractivity contribution is 7.10. The molecule has 0 saturated heterocycles. The average molecular weight is 263 g/mol. The zero-order valence-electron chi connectivity index (χ0n) is 9.08. The Bertz CT molecular complexity index is 587. The number of rotatable bonds is 4. The van der Waals surface area contributed by atoms with Crippen LogP contribution in [0.1, 0.15) is 15.5 Å². The number of hydrogen-bond donors (Lipinski definition) is 3. The van der Waals surface area contributed by atoms with Crippen LogP contribution < -0.4 is 11.1 Å². The minimum Gasteiger partial charge on any atom is -0.364 e. The maximum Gasteiger partial charge on any atom is 0.268 e. The number of nitrogens with two attached hydrogens (primary N) is 1. The summed E-state index contributed by atoms with van der Waals surface area (Å²) in [7, 11) is 0. The van der Waals surface area contributed by atoms with Crippen molar-refractivity contribution in [1.29, 1.82) is 0 Å². The van der Waals surface area contributed by atoms with Gasteiger partial charge in [-0.3, -0.25) is 14.7 Å². The van der Waals surface area contributed by atoms with Crippen LogP contribution in [-0.4, -0.2) is 27.0 Å². The number of nitrogens with one attached hydrogen (secondary N) is 2.